The number of nitrogens with one attached hydrogen (secondary N) is 1. The van der Waals surface area contributed by atoms with Crippen LogP contribution in [0.15, 0.2) is 65.6 Å². The molecule has 10 heteroatoms. The first-order valence-electron chi connectivity index (χ1n) is 9.89. The molecule has 0 bridgehead atoms. The molecule has 1 aliphatic heterocycles. The van der Waals surface area contributed by atoms with Crippen molar-refractivity contribution in [2.45, 2.75) is 24.2 Å². The van der Waals surface area contributed by atoms with Gasteiger partial charge in [-0.15, -0.1) is 10.2 Å². The van der Waals surface area contributed by atoms with Gasteiger partial charge < -0.3 is 4.90 Å². The summed E-state index contributed by atoms with van der Waals surface area (Å²) in [6, 6.07) is 15.7. The van der Waals surface area contributed by atoms with E-state index in [4.69, 9.17) is 0 Å². The van der Waals surface area contributed by atoms with Crippen molar-refractivity contribution < 1.29 is 13.3 Å². The third-order valence-electron chi connectivity index (χ3n) is 5.09. The molecule has 0 atom stereocenters. The predicted octanol–water partition coefficient (Wildman–Crippen LogP) is 3.84. The summed E-state index contributed by atoms with van der Waals surface area (Å²) in [6.45, 7) is 1.94. The van der Waals surface area contributed by atoms with Crippen LogP contribution < -0.4 is 9.62 Å². The third-order valence-corrected chi connectivity index (χ3v) is 6.52. The largest absolute Gasteiger partial charge is 0.355 e. The van der Waals surface area contributed by atoms with Crippen LogP contribution in [0.1, 0.15) is 19.3 Å². The Morgan fingerprint density at radius 1 is 0.935 bits per heavy atom. The molecule has 0 aliphatic carbocycles. The van der Waals surface area contributed by atoms with Crippen molar-refractivity contribution in [3.63, 3.8) is 0 Å². The van der Waals surface area contributed by atoms with Crippen LogP contribution in [0.2, 0.25) is 0 Å². The summed E-state index contributed by atoms with van der Waals surface area (Å²) >= 11 is 0. The summed E-state index contributed by atoms with van der Waals surface area (Å²) in [5.41, 5.74) is 1.08. The molecule has 9 nitrogen and oxygen atoms in total. The Kier molecular flexibility index (Phi) is 5.81. The van der Waals surface area contributed by atoms with E-state index in [1.165, 1.54) is 24.6 Å². The molecule has 0 saturated carbocycles. The Hall–Kier alpha value is -3.53. The molecule has 0 radical (unpaired) electrons. The molecule has 160 valence electrons. The van der Waals surface area contributed by atoms with E-state index in [2.05, 4.69) is 19.8 Å². The van der Waals surface area contributed by atoms with Gasteiger partial charge in [0.05, 0.1) is 10.6 Å². The van der Waals surface area contributed by atoms with Gasteiger partial charge in [-0.2, -0.15) is 0 Å². The molecule has 31 heavy (non-hydrogen) atoms. The first kappa shape index (κ1) is 20.7. The molecule has 3 aromatic rings. The fourth-order valence-electron chi connectivity index (χ4n) is 3.56. The summed E-state index contributed by atoms with van der Waals surface area (Å²) in [5.74, 6) is 0.830. The van der Waals surface area contributed by atoms with Crippen molar-refractivity contribution in [1.82, 2.24) is 10.2 Å². The molecule has 2 aromatic carbocycles. The van der Waals surface area contributed by atoms with Crippen molar-refractivity contribution in [2.75, 3.05) is 22.7 Å². The second kappa shape index (κ2) is 8.68. The van der Waals surface area contributed by atoms with Crippen molar-refractivity contribution in [1.29, 1.82) is 0 Å². The molecule has 0 amide bonds. The van der Waals surface area contributed by atoms with E-state index in [9.17, 15) is 18.5 Å². The number of hydrogen-bond donors (Lipinski definition) is 1. The van der Waals surface area contributed by atoms with Gasteiger partial charge in [-0.05, 0) is 49.6 Å². The second-order valence-electron chi connectivity index (χ2n) is 7.24. The van der Waals surface area contributed by atoms with Crippen LogP contribution in [0.4, 0.5) is 17.2 Å². The SMILES string of the molecule is O=[N+]([O-])c1ccccc1S(=O)(=O)Nc1cccc(-c2ccc(N3CCCCC3)nn2)c1. The first-order valence-corrected chi connectivity index (χ1v) is 11.4. The number of benzene rings is 2. The van der Waals surface area contributed by atoms with E-state index in [0.29, 0.717) is 11.3 Å². The highest BCUT2D eigenvalue weighted by molar-refractivity contribution is 7.92. The molecule has 1 aromatic heterocycles. The second-order valence-corrected chi connectivity index (χ2v) is 8.89. The third kappa shape index (κ3) is 4.64. The predicted molar refractivity (Wildman–Crippen MR) is 117 cm³/mol. The van der Waals surface area contributed by atoms with Crippen LogP contribution >= 0.6 is 0 Å². The summed E-state index contributed by atoms with van der Waals surface area (Å²) in [5, 5.41) is 19.8. The molecule has 1 fully saturated rings. The number of sulfonamides is 1. The lowest BCUT2D eigenvalue weighted by atomic mass is 10.1. The Labute approximate surface area is 179 Å². The number of piperidine rings is 1. The number of nitrogens with zero attached hydrogens (tertiary/aromatic N) is 4. The van der Waals surface area contributed by atoms with Gasteiger partial charge in [-0.3, -0.25) is 14.8 Å². The lowest BCUT2D eigenvalue weighted by Gasteiger charge is -2.27. The van der Waals surface area contributed by atoms with Crippen molar-refractivity contribution in [3.05, 3.63) is 70.8 Å². The average molecular weight is 439 g/mol. The molecular weight excluding hydrogens is 418 g/mol. The molecule has 1 N–H and O–H groups in total. The van der Waals surface area contributed by atoms with Gasteiger partial charge in [0.25, 0.3) is 15.7 Å². The fourth-order valence-corrected chi connectivity index (χ4v) is 4.78. The van der Waals surface area contributed by atoms with Crippen molar-refractivity contribution in [3.8, 4) is 11.3 Å². The summed E-state index contributed by atoms with van der Waals surface area (Å²) in [6.07, 6.45) is 3.52. The van der Waals surface area contributed by atoms with Gasteiger partial charge >= 0.3 is 0 Å². The summed E-state index contributed by atoms with van der Waals surface area (Å²) < 4.78 is 27.9. The normalized spacial score (nSPS) is 14.3. The lowest BCUT2D eigenvalue weighted by Crippen LogP contribution is -2.30. The highest BCUT2D eigenvalue weighted by atomic mass is 32.2. The van der Waals surface area contributed by atoms with Gasteiger partial charge in [0.15, 0.2) is 10.7 Å². The number of rotatable bonds is 6. The Morgan fingerprint density at radius 3 is 2.42 bits per heavy atom. The zero-order valence-electron chi connectivity index (χ0n) is 16.6. The maximum absolute atomic E-state index is 12.7. The quantitative estimate of drug-likeness (QED) is 0.458. The smallest absolute Gasteiger partial charge is 0.289 e. The standard InChI is InChI=1S/C21H21N5O4S/c27-26(28)19-9-2-3-10-20(19)31(29,30)24-17-8-6-7-16(15-17)18-11-12-21(23-22-18)25-13-4-1-5-14-25/h2-3,6-12,15,24H,1,4-5,13-14H2. The molecule has 1 saturated heterocycles. The molecule has 0 unspecified atom stereocenters. The number of para-hydroxylation sites is 1. The minimum Gasteiger partial charge on any atom is -0.355 e. The molecule has 4 rings (SSSR count). The number of hydrogen-bond acceptors (Lipinski definition) is 7. The zero-order valence-corrected chi connectivity index (χ0v) is 17.5. The molecular formula is C21H21N5O4S. The fraction of sp³-hybridized carbons (Fsp3) is 0.238. The van der Waals surface area contributed by atoms with Crippen LogP contribution in [-0.4, -0.2) is 36.6 Å². The monoisotopic (exact) mass is 439 g/mol. The van der Waals surface area contributed by atoms with E-state index >= 15 is 0 Å². The maximum Gasteiger partial charge on any atom is 0.289 e. The van der Waals surface area contributed by atoms with Gasteiger partial charge in [-0.25, -0.2) is 8.42 Å². The topological polar surface area (TPSA) is 118 Å². The molecule has 2 heterocycles. The number of nitro benzene ring substituents is 1. The maximum atomic E-state index is 12.7. The zero-order chi connectivity index (χ0) is 21.8. The van der Waals surface area contributed by atoms with Crippen LogP contribution in [0.3, 0.4) is 0 Å². The van der Waals surface area contributed by atoms with E-state index < -0.39 is 25.5 Å². The van der Waals surface area contributed by atoms with Crippen molar-refractivity contribution >= 4 is 27.2 Å². The van der Waals surface area contributed by atoms with E-state index in [1.807, 2.05) is 12.1 Å². The Bertz CT molecular complexity index is 1190. The minimum absolute atomic E-state index is 0.276. The van der Waals surface area contributed by atoms with E-state index in [1.54, 1.807) is 24.3 Å². The van der Waals surface area contributed by atoms with Crippen LogP contribution in [0.25, 0.3) is 11.3 Å². The summed E-state index contributed by atoms with van der Waals surface area (Å²) in [4.78, 5) is 12.3. The number of aromatic nitrogens is 2. The molecule has 0 spiro atoms. The average Bonchev–Trinajstić information content (AvgIpc) is 2.80. The van der Waals surface area contributed by atoms with Crippen LogP contribution in [0.5, 0.6) is 0 Å². The Balaban J connectivity index is 1.57. The lowest BCUT2D eigenvalue weighted by molar-refractivity contribution is -0.387. The number of anilines is 2. The first-order chi connectivity index (χ1) is 14.9. The number of nitro groups is 1. The molecule has 1 aliphatic rings. The van der Waals surface area contributed by atoms with Gasteiger partial charge in [0.2, 0.25) is 0 Å². The minimum atomic E-state index is -4.14. The van der Waals surface area contributed by atoms with Gasteiger partial charge in [0.1, 0.15) is 0 Å². The van der Waals surface area contributed by atoms with Gasteiger partial charge in [-0.1, -0.05) is 24.3 Å². The van der Waals surface area contributed by atoms with E-state index in [0.717, 1.165) is 37.8 Å². The van der Waals surface area contributed by atoms with Crippen molar-refractivity contribution in [2.24, 2.45) is 0 Å². The highest BCUT2D eigenvalue weighted by Gasteiger charge is 2.25. The van der Waals surface area contributed by atoms with Crippen LogP contribution in [-0.2, 0) is 10.0 Å². The van der Waals surface area contributed by atoms with Gasteiger partial charge in [0, 0.05) is 30.4 Å². The van der Waals surface area contributed by atoms with Crippen LogP contribution in [0, 0.1) is 10.1 Å². The summed E-state index contributed by atoms with van der Waals surface area (Å²) in [7, 11) is -4.14. The van der Waals surface area contributed by atoms with E-state index in [-0.39, 0.29) is 5.69 Å². The Morgan fingerprint density at radius 2 is 1.71 bits per heavy atom. The highest BCUT2D eigenvalue weighted by Crippen LogP contribution is 2.27.